The van der Waals surface area contributed by atoms with E-state index in [4.69, 9.17) is 0 Å². The zero-order valence-corrected chi connectivity index (χ0v) is 12.9. The molecule has 0 nitrogen and oxygen atoms in total. The van der Waals surface area contributed by atoms with Gasteiger partial charge in [-0.05, 0) is 0 Å². The summed E-state index contributed by atoms with van der Waals surface area (Å²) in [6, 6.07) is 0. The fraction of sp³-hybridized carbons (Fsp3) is 0.636. The van der Waals surface area contributed by atoms with Gasteiger partial charge in [-0.3, -0.25) is 0 Å². The van der Waals surface area contributed by atoms with E-state index < -0.39 is 0 Å². The van der Waals surface area contributed by atoms with E-state index in [0.29, 0.717) is 3.72 Å². The SMILES string of the molecule is CC1=C[C](C)([Ti])C(C)=C1C.CCl.CCl. The first-order chi connectivity index (χ1) is 6.45. The summed E-state index contributed by atoms with van der Waals surface area (Å²) in [5.41, 5.74) is 4.44. The Kier molecular flexibility index (Phi) is 9.80. The maximum absolute atomic E-state index is 4.64. The van der Waals surface area contributed by atoms with Crippen molar-refractivity contribution < 1.29 is 20.4 Å². The number of rotatable bonds is 0. The molecule has 0 aliphatic heterocycles. The molecule has 0 saturated heterocycles. The third-order valence-corrected chi connectivity index (χ3v) is 3.25. The van der Waals surface area contributed by atoms with Crippen molar-refractivity contribution in [2.45, 2.75) is 31.4 Å². The molecule has 0 heterocycles. The Morgan fingerprint density at radius 2 is 1.43 bits per heavy atom. The second-order valence-electron chi connectivity index (χ2n) is 3.28. The van der Waals surface area contributed by atoms with Gasteiger partial charge in [0.15, 0.2) is 0 Å². The van der Waals surface area contributed by atoms with Gasteiger partial charge in [0, 0.05) is 12.8 Å². The summed E-state index contributed by atoms with van der Waals surface area (Å²) < 4.78 is 0.314. The summed E-state index contributed by atoms with van der Waals surface area (Å²) in [5, 5.41) is 0. The van der Waals surface area contributed by atoms with Crippen molar-refractivity contribution >= 4 is 23.2 Å². The Hall–Kier alpha value is 0.774. The quantitative estimate of drug-likeness (QED) is 0.441. The third-order valence-electron chi connectivity index (χ3n) is 2.44. The molecule has 0 saturated carbocycles. The van der Waals surface area contributed by atoms with Crippen molar-refractivity contribution in [1.82, 2.24) is 0 Å². The first-order valence-electron chi connectivity index (χ1n) is 4.33. The minimum absolute atomic E-state index is 0.314. The molecule has 0 spiro atoms. The number of alkyl halides is 2. The average Bonchev–Trinajstić information content (AvgIpc) is 2.36. The van der Waals surface area contributed by atoms with Crippen LogP contribution in [0.3, 0.4) is 0 Å². The van der Waals surface area contributed by atoms with E-state index in [-0.39, 0.29) is 0 Å². The van der Waals surface area contributed by atoms with Gasteiger partial charge in [0.05, 0.1) is 0 Å². The normalized spacial score (nSPS) is 24.4. The molecule has 14 heavy (non-hydrogen) atoms. The molecule has 1 unspecified atom stereocenters. The van der Waals surface area contributed by atoms with Crippen LogP contribution in [0.1, 0.15) is 27.7 Å². The second kappa shape index (κ2) is 7.99. The van der Waals surface area contributed by atoms with Crippen LogP contribution in [-0.4, -0.2) is 12.8 Å². The van der Waals surface area contributed by atoms with Crippen LogP contribution in [-0.2, 0) is 20.4 Å². The molecule has 1 aliphatic carbocycles. The van der Waals surface area contributed by atoms with Crippen LogP contribution in [0.5, 0.6) is 0 Å². The molecule has 3 heteroatoms. The monoisotopic (exact) mass is 269 g/mol. The molecule has 1 rings (SSSR count). The fourth-order valence-corrected chi connectivity index (χ4v) is 1.97. The van der Waals surface area contributed by atoms with Gasteiger partial charge in [-0.15, -0.1) is 23.2 Å². The van der Waals surface area contributed by atoms with E-state index >= 15 is 0 Å². The van der Waals surface area contributed by atoms with Gasteiger partial charge in [-0.25, -0.2) is 0 Å². The molecule has 0 amide bonds. The van der Waals surface area contributed by atoms with Gasteiger partial charge in [0.25, 0.3) is 0 Å². The standard InChI is InChI=1S/C9H13.2CH3Cl.Ti/c1-6-5-7(2)9(4)8(6)3;2*1-2;/h5H,1-4H3;2*1H3;. The molecule has 0 aromatic heterocycles. The summed E-state index contributed by atoms with van der Waals surface area (Å²) in [7, 11) is 0. The smallest absolute Gasteiger partial charge is 0.0108 e. The predicted octanol–water partition coefficient (Wildman–Crippen LogP) is 4.72. The third kappa shape index (κ3) is 4.53. The van der Waals surface area contributed by atoms with Gasteiger partial charge in [0.1, 0.15) is 0 Å². The Balaban J connectivity index is 0. The molecule has 0 radical (unpaired) electrons. The minimum Gasteiger partial charge on any atom is -0.130 e. The van der Waals surface area contributed by atoms with Crippen LogP contribution in [0.2, 0.25) is 3.72 Å². The van der Waals surface area contributed by atoms with Gasteiger partial charge in [0.2, 0.25) is 0 Å². The second-order valence-corrected chi connectivity index (χ2v) is 4.90. The largest absolute Gasteiger partial charge is 0.130 e. The number of allylic oxidation sites excluding steroid dienone is 4. The first kappa shape index (κ1) is 17.2. The number of hydrogen-bond acceptors (Lipinski definition) is 0. The van der Waals surface area contributed by atoms with E-state index in [1.165, 1.54) is 29.5 Å². The van der Waals surface area contributed by atoms with Crippen LogP contribution in [0.25, 0.3) is 0 Å². The van der Waals surface area contributed by atoms with Crippen LogP contribution < -0.4 is 0 Å². The molecule has 0 fully saturated rings. The van der Waals surface area contributed by atoms with Gasteiger partial charge in [-0.2, -0.15) is 0 Å². The zero-order valence-electron chi connectivity index (χ0n) is 9.83. The molecule has 1 aliphatic rings. The van der Waals surface area contributed by atoms with Crippen LogP contribution in [0, 0.1) is 0 Å². The van der Waals surface area contributed by atoms with Crippen molar-refractivity contribution in [2.75, 3.05) is 12.8 Å². The van der Waals surface area contributed by atoms with E-state index in [0.717, 1.165) is 0 Å². The number of halogens is 2. The molecule has 0 bridgehead atoms. The van der Waals surface area contributed by atoms with Crippen molar-refractivity contribution in [1.29, 1.82) is 0 Å². The maximum atomic E-state index is 4.64. The van der Waals surface area contributed by atoms with Crippen molar-refractivity contribution in [3.63, 3.8) is 0 Å². The zero-order chi connectivity index (χ0) is 11.9. The first-order valence-corrected chi connectivity index (χ1v) is 6.63. The van der Waals surface area contributed by atoms with E-state index in [2.05, 4.69) is 77.4 Å². The number of hydrogen-bond donors (Lipinski definition) is 0. The molecular weight excluding hydrogens is 251 g/mol. The molecule has 0 aromatic carbocycles. The molecule has 0 aromatic rings. The maximum Gasteiger partial charge on any atom is 0.0108 e. The van der Waals surface area contributed by atoms with E-state index in [1.54, 1.807) is 0 Å². The van der Waals surface area contributed by atoms with Gasteiger partial charge < -0.3 is 0 Å². The average molecular weight is 270 g/mol. The summed E-state index contributed by atoms with van der Waals surface area (Å²) in [5.74, 6) is 0. The van der Waals surface area contributed by atoms with E-state index in [1.807, 2.05) is 0 Å². The Bertz CT molecular complexity index is 227. The molecule has 0 N–H and O–H groups in total. The fourth-order valence-electron chi connectivity index (χ4n) is 1.33. The van der Waals surface area contributed by atoms with Gasteiger partial charge in [-0.1, -0.05) is 0 Å². The van der Waals surface area contributed by atoms with Gasteiger partial charge >= 0.3 is 74.6 Å². The van der Waals surface area contributed by atoms with Crippen molar-refractivity contribution in [2.24, 2.45) is 0 Å². The molecule has 1 atom stereocenters. The summed E-state index contributed by atoms with van der Waals surface area (Å²) in [6.07, 6.45) is 5.29. The van der Waals surface area contributed by atoms with Crippen LogP contribution in [0.4, 0.5) is 0 Å². The Labute approximate surface area is 110 Å². The summed E-state index contributed by atoms with van der Waals surface area (Å²) >= 11 is 11.5. The Morgan fingerprint density at radius 3 is 1.50 bits per heavy atom. The molecule has 81 valence electrons. The molecular formula is C11H19Cl2Ti. The summed E-state index contributed by atoms with van der Waals surface area (Å²) in [6.45, 7) is 8.88. The Morgan fingerprint density at radius 1 is 1.07 bits per heavy atom. The van der Waals surface area contributed by atoms with Crippen LogP contribution in [0.15, 0.2) is 22.8 Å². The van der Waals surface area contributed by atoms with Crippen molar-refractivity contribution in [3.05, 3.63) is 22.8 Å². The van der Waals surface area contributed by atoms with E-state index in [9.17, 15) is 0 Å². The van der Waals surface area contributed by atoms with Crippen LogP contribution >= 0.6 is 23.2 Å². The predicted molar refractivity (Wildman–Crippen MR) is 64.1 cm³/mol. The summed E-state index contributed by atoms with van der Waals surface area (Å²) in [4.78, 5) is 0. The van der Waals surface area contributed by atoms with Crippen molar-refractivity contribution in [3.8, 4) is 0 Å². The minimum atomic E-state index is 0.314. The topological polar surface area (TPSA) is 0 Å².